The average Bonchev–Trinajstić information content (AvgIpc) is 2.84. The van der Waals surface area contributed by atoms with Gasteiger partial charge in [0.1, 0.15) is 0 Å². The summed E-state index contributed by atoms with van der Waals surface area (Å²) in [5, 5.41) is 0. The fourth-order valence-electron chi connectivity index (χ4n) is 3.26. The molecule has 19 heavy (non-hydrogen) atoms. The average molecular weight is 370 g/mol. The molecule has 2 aliphatic rings. The lowest BCUT2D eigenvalue weighted by atomic mass is 10.1. The largest absolute Gasteiger partial charge is 0.333 e. The molecule has 0 N–H and O–H groups in total. The van der Waals surface area contributed by atoms with Crippen LogP contribution in [0, 0.1) is 3.57 Å². The number of amides is 1. The molecule has 1 aromatic carbocycles. The Morgan fingerprint density at radius 1 is 1.32 bits per heavy atom. The van der Waals surface area contributed by atoms with Crippen LogP contribution in [0.25, 0.3) is 0 Å². The Bertz CT molecular complexity index is 491. The Balaban J connectivity index is 1.81. The zero-order chi connectivity index (χ0) is 13.4. The number of carbonyl (C=O) groups is 1. The summed E-state index contributed by atoms with van der Waals surface area (Å²) in [6, 6.07) is 8.78. The van der Waals surface area contributed by atoms with E-state index in [1.807, 2.05) is 24.3 Å². The zero-order valence-electron chi connectivity index (χ0n) is 11.2. The zero-order valence-corrected chi connectivity index (χ0v) is 13.3. The summed E-state index contributed by atoms with van der Waals surface area (Å²) in [6.45, 7) is 5.30. The number of nitrogens with zero attached hydrogens (tertiary/aromatic N) is 2. The van der Waals surface area contributed by atoms with Gasteiger partial charge < -0.3 is 4.90 Å². The van der Waals surface area contributed by atoms with E-state index in [0.717, 1.165) is 22.2 Å². The lowest BCUT2D eigenvalue weighted by Crippen LogP contribution is -2.56. The summed E-state index contributed by atoms with van der Waals surface area (Å²) in [4.78, 5) is 17.3. The third-order valence-corrected chi connectivity index (χ3v) is 5.24. The highest BCUT2D eigenvalue weighted by molar-refractivity contribution is 14.1. The van der Waals surface area contributed by atoms with Crippen molar-refractivity contribution in [3.05, 3.63) is 33.4 Å². The predicted octanol–water partition coefficient (Wildman–Crippen LogP) is 2.60. The van der Waals surface area contributed by atoms with Crippen LogP contribution in [0.1, 0.15) is 30.1 Å². The van der Waals surface area contributed by atoms with E-state index in [0.29, 0.717) is 12.1 Å². The van der Waals surface area contributed by atoms with E-state index in [2.05, 4.69) is 39.3 Å². The predicted molar refractivity (Wildman–Crippen MR) is 84.3 cm³/mol. The molecular formula is C15H19IN2O. The topological polar surface area (TPSA) is 23.6 Å². The van der Waals surface area contributed by atoms with Gasteiger partial charge in [0, 0.05) is 28.7 Å². The van der Waals surface area contributed by atoms with E-state index < -0.39 is 0 Å². The molecule has 0 radical (unpaired) electrons. The summed E-state index contributed by atoms with van der Waals surface area (Å²) >= 11 is 2.25. The maximum Gasteiger partial charge on any atom is 0.255 e. The lowest BCUT2D eigenvalue weighted by molar-refractivity contribution is 0.0394. The number of rotatable bonds is 1. The number of fused-ring (bicyclic) bond motifs is 1. The quantitative estimate of drug-likeness (QED) is 0.710. The Labute approximate surface area is 128 Å². The van der Waals surface area contributed by atoms with E-state index in [9.17, 15) is 4.79 Å². The maximum absolute atomic E-state index is 12.7. The molecular weight excluding hydrogens is 351 g/mol. The standard InChI is InChI=1S/C15H19IN2O/c1-11-9-17-8-4-5-12(17)10-18(11)15(19)13-6-2-3-7-14(13)16/h2-3,6-7,11-12H,4-5,8-10H2,1H3. The second-order valence-corrected chi connectivity index (χ2v) is 6.74. The van der Waals surface area contributed by atoms with Crippen LogP contribution in [-0.2, 0) is 0 Å². The second-order valence-electron chi connectivity index (χ2n) is 5.58. The Morgan fingerprint density at radius 2 is 2.11 bits per heavy atom. The minimum atomic E-state index is 0.198. The van der Waals surface area contributed by atoms with Crippen LogP contribution in [0.5, 0.6) is 0 Å². The highest BCUT2D eigenvalue weighted by atomic mass is 127. The van der Waals surface area contributed by atoms with Gasteiger partial charge in [-0.15, -0.1) is 0 Å². The third-order valence-electron chi connectivity index (χ3n) is 4.30. The summed E-state index contributed by atoms with van der Waals surface area (Å²) in [5.74, 6) is 0.198. The van der Waals surface area contributed by atoms with Crippen molar-refractivity contribution in [2.24, 2.45) is 0 Å². The van der Waals surface area contributed by atoms with Gasteiger partial charge in [-0.2, -0.15) is 0 Å². The molecule has 3 rings (SSSR count). The van der Waals surface area contributed by atoms with E-state index in [-0.39, 0.29) is 5.91 Å². The molecule has 2 aliphatic heterocycles. The van der Waals surface area contributed by atoms with Gasteiger partial charge in [0.25, 0.3) is 5.91 Å². The fourth-order valence-corrected chi connectivity index (χ4v) is 3.88. The molecule has 2 unspecified atom stereocenters. The first-order valence-corrected chi connectivity index (χ1v) is 8.04. The van der Waals surface area contributed by atoms with Crippen molar-refractivity contribution in [3.8, 4) is 0 Å². The fraction of sp³-hybridized carbons (Fsp3) is 0.533. The summed E-state index contributed by atoms with van der Waals surface area (Å²) in [6.07, 6.45) is 2.52. The van der Waals surface area contributed by atoms with Crippen LogP contribution in [0.4, 0.5) is 0 Å². The van der Waals surface area contributed by atoms with Crippen LogP contribution in [0.3, 0.4) is 0 Å². The van der Waals surface area contributed by atoms with Crippen molar-refractivity contribution in [2.45, 2.75) is 31.8 Å². The molecule has 1 aromatic rings. The van der Waals surface area contributed by atoms with Crippen LogP contribution in [0.2, 0.25) is 0 Å². The van der Waals surface area contributed by atoms with Gasteiger partial charge in [-0.25, -0.2) is 0 Å². The molecule has 2 heterocycles. The highest BCUT2D eigenvalue weighted by Crippen LogP contribution is 2.26. The first kappa shape index (κ1) is 13.4. The van der Waals surface area contributed by atoms with E-state index in [1.54, 1.807) is 0 Å². The van der Waals surface area contributed by atoms with E-state index in [4.69, 9.17) is 0 Å². The SMILES string of the molecule is CC1CN2CCCC2CN1C(=O)c1ccccc1I. The van der Waals surface area contributed by atoms with Crippen LogP contribution in [-0.4, -0.2) is 47.4 Å². The number of halogens is 1. The van der Waals surface area contributed by atoms with Crippen LogP contribution >= 0.6 is 22.6 Å². The highest BCUT2D eigenvalue weighted by Gasteiger charge is 2.36. The van der Waals surface area contributed by atoms with Crippen molar-refractivity contribution in [2.75, 3.05) is 19.6 Å². The smallest absolute Gasteiger partial charge is 0.255 e. The molecule has 0 spiro atoms. The Morgan fingerprint density at radius 3 is 2.89 bits per heavy atom. The minimum Gasteiger partial charge on any atom is -0.333 e. The molecule has 2 atom stereocenters. The number of benzene rings is 1. The molecule has 0 bridgehead atoms. The summed E-state index contributed by atoms with van der Waals surface area (Å²) < 4.78 is 1.05. The first-order valence-electron chi connectivity index (χ1n) is 6.96. The molecule has 0 aromatic heterocycles. The normalized spacial score (nSPS) is 27.4. The van der Waals surface area contributed by atoms with Gasteiger partial charge in [0.15, 0.2) is 0 Å². The van der Waals surface area contributed by atoms with Gasteiger partial charge in [-0.1, -0.05) is 12.1 Å². The van der Waals surface area contributed by atoms with Gasteiger partial charge in [0.05, 0.1) is 5.56 Å². The van der Waals surface area contributed by atoms with Gasteiger partial charge in [-0.3, -0.25) is 9.69 Å². The monoisotopic (exact) mass is 370 g/mol. The molecule has 1 amide bonds. The molecule has 0 saturated carbocycles. The summed E-state index contributed by atoms with van der Waals surface area (Å²) in [5.41, 5.74) is 0.849. The number of carbonyl (C=O) groups excluding carboxylic acids is 1. The van der Waals surface area contributed by atoms with E-state index >= 15 is 0 Å². The number of piperazine rings is 1. The van der Waals surface area contributed by atoms with Crippen LogP contribution < -0.4 is 0 Å². The van der Waals surface area contributed by atoms with Crippen molar-refractivity contribution in [3.63, 3.8) is 0 Å². The van der Waals surface area contributed by atoms with Gasteiger partial charge in [0.2, 0.25) is 0 Å². The molecule has 102 valence electrons. The van der Waals surface area contributed by atoms with E-state index in [1.165, 1.54) is 19.4 Å². The van der Waals surface area contributed by atoms with Crippen molar-refractivity contribution < 1.29 is 4.79 Å². The van der Waals surface area contributed by atoms with Crippen molar-refractivity contribution >= 4 is 28.5 Å². The van der Waals surface area contributed by atoms with Gasteiger partial charge in [-0.05, 0) is 61.0 Å². The maximum atomic E-state index is 12.7. The molecule has 2 saturated heterocycles. The number of hydrogen-bond donors (Lipinski definition) is 0. The second kappa shape index (κ2) is 5.40. The van der Waals surface area contributed by atoms with Gasteiger partial charge >= 0.3 is 0 Å². The third kappa shape index (κ3) is 2.52. The first-order chi connectivity index (χ1) is 9.16. The number of hydrogen-bond acceptors (Lipinski definition) is 2. The molecule has 0 aliphatic carbocycles. The minimum absolute atomic E-state index is 0.198. The molecule has 3 nitrogen and oxygen atoms in total. The molecule has 2 fully saturated rings. The lowest BCUT2D eigenvalue weighted by Gasteiger charge is -2.42. The summed E-state index contributed by atoms with van der Waals surface area (Å²) in [7, 11) is 0. The Hall–Kier alpha value is -0.620. The van der Waals surface area contributed by atoms with Crippen molar-refractivity contribution in [1.29, 1.82) is 0 Å². The Kier molecular flexibility index (Phi) is 3.80. The van der Waals surface area contributed by atoms with Crippen LogP contribution in [0.15, 0.2) is 24.3 Å². The molecule has 4 heteroatoms. The van der Waals surface area contributed by atoms with Crippen molar-refractivity contribution in [1.82, 2.24) is 9.80 Å².